The smallest absolute Gasteiger partial charge is 0.132 e. The third-order valence-corrected chi connectivity index (χ3v) is 2.58. The first-order valence-corrected chi connectivity index (χ1v) is 5.04. The summed E-state index contributed by atoms with van der Waals surface area (Å²) < 4.78 is 4.93. The average molecular weight is 185 g/mol. The highest BCUT2D eigenvalue weighted by Crippen LogP contribution is 2.20. The van der Waals surface area contributed by atoms with Crippen LogP contribution in [0, 0.1) is 5.92 Å². The maximum atomic E-state index is 10.9. The molecule has 0 aromatic heterocycles. The zero-order valence-corrected chi connectivity index (χ0v) is 8.34. The molecule has 1 aliphatic rings. The zero-order chi connectivity index (χ0) is 9.52. The molecule has 0 radical (unpaired) electrons. The van der Waals surface area contributed by atoms with Gasteiger partial charge in [-0.3, -0.25) is 4.79 Å². The molecular weight excluding hydrogens is 166 g/mol. The standard InChI is InChI=1S/C10H19NO2/c1-13-7-6-11-8-9-2-4-10(12)5-3-9/h9,11H,2-8H2,1H3. The molecule has 0 amide bonds. The van der Waals surface area contributed by atoms with Gasteiger partial charge in [0.2, 0.25) is 0 Å². The Balaban J connectivity index is 1.99. The van der Waals surface area contributed by atoms with Crippen molar-refractivity contribution in [1.29, 1.82) is 0 Å². The first kappa shape index (κ1) is 10.7. The van der Waals surface area contributed by atoms with Crippen LogP contribution in [-0.4, -0.2) is 32.6 Å². The Kier molecular flexibility index (Phi) is 5.01. The van der Waals surface area contributed by atoms with Crippen molar-refractivity contribution in [2.75, 3.05) is 26.8 Å². The molecule has 76 valence electrons. The summed E-state index contributed by atoms with van der Waals surface area (Å²) in [6, 6.07) is 0. The van der Waals surface area contributed by atoms with Crippen LogP contribution in [0.15, 0.2) is 0 Å². The van der Waals surface area contributed by atoms with Crippen molar-refractivity contribution < 1.29 is 9.53 Å². The number of hydrogen-bond acceptors (Lipinski definition) is 3. The van der Waals surface area contributed by atoms with Gasteiger partial charge in [-0.2, -0.15) is 0 Å². The van der Waals surface area contributed by atoms with E-state index in [-0.39, 0.29) is 0 Å². The Morgan fingerprint density at radius 3 is 2.77 bits per heavy atom. The number of Topliss-reactive ketones (excluding diaryl/α,β-unsaturated/α-hetero) is 1. The molecule has 3 heteroatoms. The monoisotopic (exact) mass is 185 g/mol. The van der Waals surface area contributed by atoms with E-state index in [4.69, 9.17) is 4.74 Å². The first-order chi connectivity index (χ1) is 6.33. The van der Waals surface area contributed by atoms with Gasteiger partial charge in [-0.25, -0.2) is 0 Å². The summed E-state index contributed by atoms with van der Waals surface area (Å²) in [4.78, 5) is 10.9. The van der Waals surface area contributed by atoms with E-state index in [0.29, 0.717) is 11.7 Å². The molecule has 0 saturated heterocycles. The van der Waals surface area contributed by atoms with Crippen LogP contribution < -0.4 is 5.32 Å². The fraction of sp³-hybridized carbons (Fsp3) is 0.900. The minimum atomic E-state index is 0.438. The van der Waals surface area contributed by atoms with E-state index in [1.807, 2.05) is 0 Å². The van der Waals surface area contributed by atoms with E-state index in [0.717, 1.165) is 45.4 Å². The molecule has 1 saturated carbocycles. The van der Waals surface area contributed by atoms with Crippen LogP contribution in [0.1, 0.15) is 25.7 Å². The SMILES string of the molecule is COCCNCC1CCC(=O)CC1. The molecular formula is C10H19NO2. The third-order valence-electron chi connectivity index (χ3n) is 2.58. The molecule has 1 rings (SSSR count). The molecule has 0 spiro atoms. The van der Waals surface area contributed by atoms with Crippen molar-refractivity contribution in [3.63, 3.8) is 0 Å². The van der Waals surface area contributed by atoms with Crippen molar-refractivity contribution >= 4 is 5.78 Å². The van der Waals surface area contributed by atoms with Gasteiger partial charge in [-0.15, -0.1) is 0 Å². The molecule has 13 heavy (non-hydrogen) atoms. The van der Waals surface area contributed by atoms with Crippen molar-refractivity contribution in [1.82, 2.24) is 5.32 Å². The molecule has 0 bridgehead atoms. The molecule has 0 aromatic rings. The Bertz CT molecular complexity index is 149. The van der Waals surface area contributed by atoms with Crippen LogP contribution in [0.3, 0.4) is 0 Å². The van der Waals surface area contributed by atoms with Gasteiger partial charge in [-0.1, -0.05) is 0 Å². The highest BCUT2D eigenvalue weighted by Gasteiger charge is 2.17. The normalized spacial score (nSPS) is 19.3. The number of methoxy groups -OCH3 is 1. The van der Waals surface area contributed by atoms with Gasteiger partial charge in [0.05, 0.1) is 6.61 Å². The van der Waals surface area contributed by atoms with E-state index >= 15 is 0 Å². The van der Waals surface area contributed by atoms with E-state index in [2.05, 4.69) is 5.32 Å². The van der Waals surface area contributed by atoms with Crippen molar-refractivity contribution in [3.05, 3.63) is 0 Å². The Morgan fingerprint density at radius 2 is 2.15 bits per heavy atom. The van der Waals surface area contributed by atoms with Gasteiger partial charge >= 0.3 is 0 Å². The Hall–Kier alpha value is -0.410. The van der Waals surface area contributed by atoms with Gasteiger partial charge < -0.3 is 10.1 Å². The van der Waals surface area contributed by atoms with Gasteiger partial charge in [-0.05, 0) is 25.3 Å². The maximum Gasteiger partial charge on any atom is 0.132 e. The van der Waals surface area contributed by atoms with Crippen LogP contribution in [0.5, 0.6) is 0 Å². The highest BCUT2D eigenvalue weighted by molar-refractivity contribution is 5.79. The highest BCUT2D eigenvalue weighted by atomic mass is 16.5. The third kappa shape index (κ3) is 4.39. The van der Waals surface area contributed by atoms with E-state index in [1.165, 1.54) is 0 Å². The summed E-state index contributed by atoms with van der Waals surface area (Å²) in [5.41, 5.74) is 0. The first-order valence-electron chi connectivity index (χ1n) is 5.04. The summed E-state index contributed by atoms with van der Waals surface area (Å²) >= 11 is 0. The van der Waals surface area contributed by atoms with Gasteiger partial charge in [0, 0.05) is 26.5 Å². The van der Waals surface area contributed by atoms with Crippen molar-refractivity contribution in [2.45, 2.75) is 25.7 Å². The molecule has 0 atom stereocenters. The number of nitrogens with one attached hydrogen (secondary N) is 1. The number of ketones is 1. The van der Waals surface area contributed by atoms with Crippen LogP contribution >= 0.6 is 0 Å². The minimum absolute atomic E-state index is 0.438. The molecule has 0 unspecified atom stereocenters. The second-order valence-corrected chi connectivity index (χ2v) is 3.68. The summed E-state index contributed by atoms with van der Waals surface area (Å²) in [6.45, 7) is 2.73. The largest absolute Gasteiger partial charge is 0.383 e. The van der Waals surface area contributed by atoms with Crippen molar-refractivity contribution in [3.8, 4) is 0 Å². The quantitative estimate of drug-likeness (QED) is 0.649. The number of hydrogen-bond donors (Lipinski definition) is 1. The maximum absolute atomic E-state index is 10.9. The zero-order valence-electron chi connectivity index (χ0n) is 8.34. The predicted molar refractivity (Wildman–Crippen MR) is 51.7 cm³/mol. The topological polar surface area (TPSA) is 38.3 Å². The van der Waals surface area contributed by atoms with E-state index in [9.17, 15) is 4.79 Å². The second kappa shape index (κ2) is 6.11. The lowest BCUT2D eigenvalue weighted by Crippen LogP contribution is -2.28. The second-order valence-electron chi connectivity index (χ2n) is 3.68. The molecule has 1 N–H and O–H groups in total. The number of carbonyl (C=O) groups excluding carboxylic acids is 1. The number of rotatable bonds is 5. The molecule has 0 aliphatic heterocycles. The summed E-state index contributed by atoms with van der Waals surface area (Å²) in [5, 5.41) is 3.33. The minimum Gasteiger partial charge on any atom is -0.383 e. The summed E-state index contributed by atoms with van der Waals surface area (Å²) in [7, 11) is 1.71. The van der Waals surface area contributed by atoms with Crippen LogP contribution in [-0.2, 0) is 9.53 Å². The lowest BCUT2D eigenvalue weighted by Gasteiger charge is -2.20. The van der Waals surface area contributed by atoms with E-state index < -0.39 is 0 Å². The summed E-state index contributed by atoms with van der Waals surface area (Å²) in [6.07, 6.45) is 3.71. The van der Waals surface area contributed by atoms with Crippen molar-refractivity contribution in [2.24, 2.45) is 5.92 Å². The van der Waals surface area contributed by atoms with Gasteiger partial charge in [0.1, 0.15) is 5.78 Å². The molecule has 0 heterocycles. The Morgan fingerprint density at radius 1 is 1.46 bits per heavy atom. The lowest BCUT2D eigenvalue weighted by atomic mass is 9.88. The van der Waals surface area contributed by atoms with Gasteiger partial charge in [0.15, 0.2) is 0 Å². The van der Waals surface area contributed by atoms with Gasteiger partial charge in [0.25, 0.3) is 0 Å². The fourth-order valence-electron chi connectivity index (χ4n) is 1.68. The average Bonchev–Trinajstić information content (AvgIpc) is 2.15. The lowest BCUT2D eigenvalue weighted by molar-refractivity contribution is -0.120. The molecule has 3 nitrogen and oxygen atoms in total. The molecule has 0 aromatic carbocycles. The molecule has 1 fully saturated rings. The summed E-state index contributed by atoms with van der Waals surface area (Å²) in [5.74, 6) is 1.14. The fourth-order valence-corrected chi connectivity index (χ4v) is 1.68. The number of carbonyl (C=O) groups is 1. The van der Waals surface area contributed by atoms with Crippen LogP contribution in [0.2, 0.25) is 0 Å². The van der Waals surface area contributed by atoms with Crippen LogP contribution in [0.4, 0.5) is 0 Å². The van der Waals surface area contributed by atoms with Crippen LogP contribution in [0.25, 0.3) is 0 Å². The number of ether oxygens (including phenoxy) is 1. The molecule has 1 aliphatic carbocycles. The Labute approximate surface area is 79.8 Å². The predicted octanol–water partition coefficient (Wildman–Crippen LogP) is 0.982. The van der Waals surface area contributed by atoms with E-state index in [1.54, 1.807) is 7.11 Å².